The van der Waals surface area contributed by atoms with Gasteiger partial charge in [0.1, 0.15) is 5.75 Å². The van der Waals surface area contributed by atoms with Crippen LogP contribution >= 0.6 is 0 Å². The van der Waals surface area contributed by atoms with Gasteiger partial charge in [-0.15, -0.1) is 0 Å². The summed E-state index contributed by atoms with van der Waals surface area (Å²) in [7, 11) is 0. The van der Waals surface area contributed by atoms with Crippen LogP contribution in [0.3, 0.4) is 0 Å². The minimum Gasteiger partial charge on any atom is -0.493 e. The molecule has 0 radical (unpaired) electrons. The lowest BCUT2D eigenvalue weighted by Gasteiger charge is -2.23. The molecule has 0 aliphatic heterocycles. The highest BCUT2D eigenvalue weighted by molar-refractivity contribution is 5.86. The van der Waals surface area contributed by atoms with Crippen molar-refractivity contribution < 1.29 is 28.2 Å². The van der Waals surface area contributed by atoms with E-state index in [-0.39, 0.29) is 12.4 Å². The van der Waals surface area contributed by atoms with E-state index in [0.29, 0.717) is 0 Å². The van der Waals surface area contributed by atoms with Gasteiger partial charge in [-0.3, -0.25) is 9.59 Å². The van der Waals surface area contributed by atoms with Gasteiger partial charge in [0.25, 0.3) is 5.91 Å². The van der Waals surface area contributed by atoms with Crippen molar-refractivity contribution in [1.29, 1.82) is 0 Å². The number of benzene rings is 1. The van der Waals surface area contributed by atoms with E-state index in [1.807, 2.05) is 5.32 Å². The monoisotopic (exact) mass is 315 g/mol. The number of hydrogen-bond acceptors (Lipinski definition) is 3. The van der Waals surface area contributed by atoms with Gasteiger partial charge in [0.05, 0.1) is 17.6 Å². The van der Waals surface area contributed by atoms with Crippen LogP contribution in [-0.4, -0.2) is 30.1 Å². The molecule has 0 aliphatic carbocycles. The van der Waals surface area contributed by atoms with Gasteiger partial charge in [0, 0.05) is 6.54 Å². The number of rotatable bonds is 7. The van der Waals surface area contributed by atoms with E-state index < -0.39 is 35.3 Å². The minimum absolute atomic E-state index is 0.0809. The third-order valence-corrected chi connectivity index (χ3v) is 3.08. The third-order valence-electron chi connectivity index (χ3n) is 3.08. The highest BCUT2D eigenvalue weighted by Gasteiger charge is 2.44. The van der Waals surface area contributed by atoms with Crippen molar-refractivity contribution in [3.63, 3.8) is 0 Å². The predicted octanol–water partition coefficient (Wildman–Crippen LogP) is 2.40. The number of carbonyl (C=O) groups is 2. The van der Waals surface area contributed by atoms with Crippen LogP contribution in [0.25, 0.3) is 0 Å². The Balaban J connectivity index is 2.94. The quantitative estimate of drug-likeness (QED) is 0.810. The largest absolute Gasteiger partial charge is 0.493 e. The third kappa shape index (κ3) is 3.93. The molecule has 0 heterocycles. The second kappa shape index (κ2) is 6.72. The maximum Gasteiger partial charge on any atom is 0.353 e. The fourth-order valence-electron chi connectivity index (χ4n) is 1.62. The fourth-order valence-corrected chi connectivity index (χ4v) is 1.62. The highest BCUT2D eigenvalue weighted by atomic mass is 19.3. The van der Waals surface area contributed by atoms with E-state index in [0.717, 1.165) is 6.07 Å². The standard InChI is InChI=1S/C15H19F2NO4/c1-4-22-11-8-6-5-7-10(11)15(16,17)12(19)18-9-14(2,3)13(20)21/h5-8H,4,9H2,1-3H3,(H,18,19)(H,20,21). The van der Waals surface area contributed by atoms with Crippen molar-refractivity contribution in [3.8, 4) is 5.75 Å². The van der Waals surface area contributed by atoms with E-state index in [1.165, 1.54) is 32.0 Å². The Labute approximate surface area is 127 Å². The van der Waals surface area contributed by atoms with Crippen LogP contribution in [0.2, 0.25) is 0 Å². The van der Waals surface area contributed by atoms with Crippen molar-refractivity contribution >= 4 is 11.9 Å². The van der Waals surface area contributed by atoms with Crippen LogP contribution < -0.4 is 10.1 Å². The average molecular weight is 315 g/mol. The van der Waals surface area contributed by atoms with Gasteiger partial charge in [0.15, 0.2) is 0 Å². The maximum absolute atomic E-state index is 14.3. The molecular formula is C15H19F2NO4. The zero-order valence-electron chi connectivity index (χ0n) is 12.7. The van der Waals surface area contributed by atoms with Crippen molar-refractivity contribution in [1.82, 2.24) is 5.32 Å². The summed E-state index contributed by atoms with van der Waals surface area (Å²) in [6.07, 6.45) is 0. The summed E-state index contributed by atoms with van der Waals surface area (Å²) in [4.78, 5) is 22.7. The first-order chi connectivity index (χ1) is 10.1. The van der Waals surface area contributed by atoms with Crippen LogP contribution in [0.1, 0.15) is 26.3 Å². The lowest BCUT2D eigenvalue weighted by Crippen LogP contribution is -2.44. The number of carboxylic acids is 1. The summed E-state index contributed by atoms with van der Waals surface area (Å²) in [5.41, 5.74) is -1.90. The molecule has 0 saturated carbocycles. The molecule has 1 aromatic rings. The Hall–Kier alpha value is -2.18. The summed E-state index contributed by atoms with van der Waals surface area (Å²) in [6.45, 7) is 4.09. The first-order valence-electron chi connectivity index (χ1n) is 6.74. The van der Waals surface area contributed by atoms with Gasteiger partial charge in [-0.2, -0.15) is 8.78 Å². The molecule has 22 heavy (non-hydrogen) atoms. The molecule has 0 aliphatic rings. The Morgan fingerprint density at radius 1 is 1.27 bits per heavy atom. The van der Waals surface area contributed by atoms with Gasteiger partial charge >= 0.3 is 11.9 Å². The second-order valence-corrected chi connectivity index (χ2v) is 5.38. The van der Waals surface area contributed by atoms with Gasteiger partial charge in [0.2, 0.25) is 0 Å². The summed E-state index contributed by atoms with van der Waals surface area (Å²) in [5.74, 6) is -6.65. The average Bonchev–Trinajstić information content (AvgIpc) is 2.45. The normalized spacial score (nSPS) is 11.9. The van der Waals surface area contributed by atoms with Gasteiger partial charge in [-0.25, -0.2) is 0 Å². The van der Waals surface area contributed by atoms with Crippen molar-refractivity contribution in [2.45, 2.75) is 26.7 Å². The van der Waals surface area contributed by atoms with E-state index >= 15 is 0 Å². The van der Waals surface area contributed by atoms with Crippen molar-refractivity contribution in [2.75, 3.05) is 13.2 Å². The van der Waals surface area contributed by atoms with E-state index in [2.05, 4.69) is 0 Å². The second-order valence-electron chi connectivity index (χ2n) is 5.38. The Morgan fingerprint density at radius 3 is 2.41 bits per heavy atom. The van der Waals surface area contributed by atoms with E-state index in [4.69, 9.17) is 9.84 Å². The Kier molecular flexibility index (Phi) is 5.46. The lowest BCUT2D eigenvalue weighted by molar-refractivity contribution is -0.150. The first-order valence-corrected chi connectivity index (χ1v) is 6.74. The number of amides is 1. The molecule has 0 fully saturated rings. The van der Waals surface area contributed by atoms with Crippen molar-refractivity contribution in [2.24, 2.45) is 5.41 Å². The van der Waals surface area contributed by atoms with Crippen LogP contribution in [0, 0.1) is 5.41 Å². The molecular weight excluding hydrogens is 296 g/mol. The molecule has 122 valence electrons. The topological polar surface area (TPSA) is 75.6 Å². The number of ether oxygens (including phenoxy) is 1. The Bertz CT molecular complexity index is 558. The SMILES string of the molecule is CCOc1ccccc1C(F)(F)C(=O)NCC(C)(C)C(=O)O. The number of hydrogen-bond donors (Lipinski definition) is 2. The number of halogens is 2. The first kappa shape index (κ1) is 17.9. The Morgan fingerprint density at radius 2 is 1.86 bits per heavy atom. The molecule has 2 N–H and O–H groups in total. The van der Waals surface area contributed by atoms with Crippen LogP contribution in [0.15, 0.2) is 24.3 Å². The summed E-state index contributed by atoms with van der Waals surface area (Å²) in [6, 6.07) is 5.35. The molecule has 1 aromatic carbocycles. The van der Waals surface area contributed by atoms with E-state index in [9.17, 15) is 18.4 Å². The van der Waals surface area contributed by atoms with Crippen LogP contribution in [0.5, 0.6) is 5.75 Å². The summed E-state index contributed by atoms with van der Waals surface area (Å²) >= 11 is 0. The molecule has 1 amide bonds. The zero-order valence-corrected chi connectivity index (χ0v) is 12.7. The predicted molar refractivity (Wildman–Crippen MR) is 75.9 cm³/mol. The zero-order chi connectivity index (χ0) is 17.0. The van der Waals surface area contributed by atoms with E-state index in [1.54, 1.807) is 6.92 Å². The molecule has 0 unspecified atom stereocenters. The number of carboxylic acid groups (broad SMARTS) is 1. The smallest absolute Gasteiger partial charge is 0.353 e. The van der Waals surface area contributed by atoms with Gasteiger partial charge in [-0.1, -0.05) is 12.1 Å². The van der Waals surface area contributed by atoms with Gasteiger partial charge in [-0.05, 0) is 32.9 Å². The number of nitrogens with one attached hydrogen (secondary N) is 1. The molecule has 0 atom stereocenters. The maximum atomic E-state index is 14.3. The molecule has 0 aromatic heterocycles. The van der Waals surface area contributed by atoms with Crippen LogP contribution in [0.4, 0.5) is 8.78 Å². The summed E-state index contributed by atoms with van der Waals surface area (Å²) < 4.78 is 33.6. The summed E-state index contributed by atoms with van der Waals surface area (Å²) in [5, 5.41) is 10.9. The number of alkyl halides is 2. The number of carbonyl (C=O) groups excluding carboxylic acids is 1. The number of aliphatic carboxylic acids is 1. The minimum atomic E-state index is -3.82. The molecule has 7 heteroatoms. The molecule has 0 bridgehead atoms. The highest BCUT2D eigenvalue weighted by Crippen LogP contribution is 2.35. The molecule has 5 nitrogen and oxygen atoms in total. The molecule has 0 spiro atoms. The van der Waals surface area contributed by atoms with Gasteiger partial charge < -0.3 is 15.2 Å². The lowest BCUT2D eigenvalue weighted by atomic mass is 9.93. The van der Waals surface area contributed by atoms with Crippen LogP contribution in [-0.2, 0) is 15.5 Å². The van der Waals surface area contributed by atoms with Crippen molar-refractivity contribution in [3.05, 3.63) is 29.8 Å². The fraction of sp³-hybridized carbons (Fsp3) is 0.467. The molecule has 0 saturated heterocycles. The number of para-hydroxylation sites is 1. The molecule has 1 rings (SSSR count).